The maximum absolute atomic E-state index is 13.0. The summed E-state index contributed by atoms with van der Waals surface area (Å²) in [5.41, 5.74) is 1.89. The molecule has 1 fully saturated rings. The summed E-state index contributed by atoms with van der Waals surface area (Å²) in [4.78, 5) is 13.0. The first kappa shape index (κ1) is 19.1. The number of nitrogens with zero attached hydrogens (tertiary/aromatic N) is 1. The van der Waals surface area contributed by atoms with Crippen molar-refractivity contribution >= 4 is 26.9 Å². The molecule has 26 heavy (non-hydrogen) atoms. The number of hydrogen-bond donors (Lipinski definition) is 0. The van der Waals surface area contributed by atoms with E-state index in [0.717, 1.165) is 12.8 Å². The van der Waals surface area contributed by atoms with Gasteiger partial charge in [0.25, 0.3) is 0 Å². The normalized spacial score (nSPS) is 18.1. The molecule has 3 rings (SSSR count). The Kier molecular flexibility index (Phi) is 6.16. The second-order valence-electron chi connectivity index (χ2n) is 6.44. The second kappa shape index (κ2) is 8.37. The highest BCUT2D eigenvalue weighted by molar-refractivity contribution is 8.13. The van der Waals surface area contributed by atoms with Gasteiger partial charge in [-0.3, -0.25) is 4.79 Å². The average molecular weight is 390 g/mol. The van der Waals surface area contributed by atoms with Crippen LogP contribution in [0.2, 0.25) is 0 Å². The Balaban J connectivity index is 1.67. The summed E-state index contributed by atoms with van der Waals surface area (Å²) in [6.07, 6.45) is 2.12. The quantitative estimate of drug-likeness (QED) is 0.757. The van der Waals surface area contributed by atoms with Crippen molar-refractivity contribution in [1.82, 2.24) is 4.31 Å². The lowest BCUT2D eigenvalue weighted by Crippen LogP contribution is -2.39. The first-order valence-electron chi connectivity index (χ1n) is 8.78. The predicted octanol–water partition coefficient (Wildman–Crippen LogP) is 3.65. The van der Waals surface area contributed by atoms with Gasteiger partial charge in [0.2, 0.25) is 15.1 Å². The average Bonchev–Trinajstić information content (AvgIpc) is 3.13. The summed E-state index contributed by atoms with van der Waals surface area (Å²) in [7, 11) is -3.64. The minimum Gasteiger partial charge on any atom is -0.285 e. The van der Waals surface area contributed by atoms with E-state index in [0.29, 0.717) is 29.2 Å². The number of thioether (sulfide) groups is 1. The number of aryl methyl sites for hydroxylation is 2. The zero-order valence-corrected chi connectivity index (χ0v) is 16.4. The fourth-order valence-corrected chi connectivity index (χ4v) is 6.17. The molecule has 0 aromatic heterocycles. The van der Waals surface area contributed by atoms with E-state index in [9.17, 15) is 13.2 Å². The fourth-order valence-electron chi connectivity index (χ4n) is 3.25. The van der Waals surface area contributed by atoms with Crippen LogP contribution >= 0.6 is 11.8 Å². The minimum atomic E-state index is -3.64. The molecule has 0 bridgehead atoms. The summed E-state index contributed by atoms with van der Waals surface area (Å²) in [6.45, 7) is 2.20. The highest BCUT2D eigenvalue weighted by Gasteiger charge is 2.39. The molecule has 0 aliphatic carbocycles. The molecule has 0 spiro atoms. The Morgan fingerprint density at radius 2 is 1.81 bits per heavy atom. The lowest BCUT2D eigenvalue weighted by Gasteiger charge is -2.23. The van der Waals surface area contributed by atoms with Crippen molar-refractivity contribution < 1.29 is 13.2 Å². The van der Waals surface area contributed by atoms with E-state index in [1.807, 2.05) is 36.4 Å². The van der Waals surface area contributed by atoms with Gasteiger partial charge in [0, 0.05) is 12.3 Å². The number of sulfonamides is 1. The van der Waals surface area contributed by atoms with Crippen molar-refractivity contribution in [2.24, 2.45) is 0 Å². The highest BCUT2D eigenvalue weighted by atomic mass is 32.2. The molecular formula is C20H23NO3S2. The molecule has 1 unspecified atom stereocenters. The summed E-state index contributed by atoms with van der Waals surface area (Å²) < 4.78 is 27.5. The molecule has 1 aliphatic rings. The van der Waals surface area contributed by atoms with Gasteiger partial charge in [-0.25, -0.2) is 8.42 Å². The van der Waals surface area contributed by atoms with Gasteiger partial charge in [-0.15, -0.1) is 0 Å². The molecule has 0 N–H and O–H groups in total. The zero-order chi connectivity index (χ0) is 18.6. The van der Waals surface area contributed by atoms with Crippen LogP contribution in [0.15, 0.2) is 59.5 Å². The Labute approximate surface area is 159 Å². The number of rotatable bonds is 6. The first-order chi connectivity index (χ1) is 12.5. The molecule has 1 atom stereocenters. The van der Waals surface area contributed by atoms with E-state index in [1.54, 1.807) is 25.1 Å². The van der Waals surface area contributed by atoms with Crippen molar-refractivity contribution in [2.75, 3.05) is 12.3 Å². The number of carbonyl (C=O) groups is 1. The fraction of sp³-hybridized carbons (Fsp3) is 0.350. The zero-order valence-electron chi connectivity index (χ0n) is 14.8. The molecule has 138 valence electrons. The highest BCUT2D eigenvalue weighted by Crippen LogP contribution is 2.30. The third-order valence-electron chi connectivity index (χ3n) is 4.63. The van der Waals surface area contributed by atoms with Gasteiger partial charge in [-0.1, -0.05) is 60.3 Å². The van der Waals surface area contributed by atoms with Crippen molar-refractivity contribution in [2.45, 2.75) is 37.1 Å². The standard InChI is InChI=1S/C20H23NO3S2/c1-16-8-5-6-12-19(16)26(23,24)21-14-7-11-18(21)20(22)25-15-13-17-9-3-2-4-10-17/h2-6,8-10,12,18H,7,11,13-15H2,1H3. The van der Waals surface area contributed by atoms with Crippen molar-refractivity contribution in [3.05, 3.63) is 65.7 Å². The smallest absolute Gasteiger partial charge is 0.244 e. The Morgan fingerprint density at radius 1 is 1.12 bits per heavy atom. The number of benzene rings is 2. The lowest BCUT2D eigenvalue weighted by atomic mass is 10.2. The minimum absolute atomic E-state index is 0.0457. The van der Waals surface area contributed by atoms with Crippen molar-refractivity contribution in [1.29, 1.82) is 0 Å². The van der Waals surface area contributed by atoms with Gasteiger partial charge in [0.05, 0.1) is 10.9 Å². The third kappa shape index (κ3) is 4.19. The molecule has 1 aliphatic heterocycles. The van der Waals surface area contributed by atoms with Crippen LogP contribution in [0.3, 0.4) is 0 Å². The van der Waals surface area contributed by atoms with Gasteiger partial charge in [0.15, 0.2) is 0 Å². The van der Waals surface area contributed by atoms with Crippen LogP contribution in [-0.2, 0) is 21.2 Å². The van der Waals surface area contributed by atoms with Gasteiger partial charge in [-0.2, -0.15) is 4.31 Å². The van der Waals surface area contributed by atoms with E-state index in [1.165, 1.54) is 21.6 Å². The first-order valence-corrected chi connectivity index (χ1v) is 11.2. The summed E-state index contributed by atoms with van der Waals surface area (Å²) >= 11 is 1.24. The van der Waals surface area contributed by atoms with Gasteiger partial charge in [-0.05, 0) is 43.4 Å². The molecule has 2 aromatic rings. The van der Waals surface area contributed by atoms with Crippen LogP contribution in [-0.4, -0.2) is 36.2 Å². The molecule has 0 saturated carbocycles. The van der Waals surface area contributed by atoms with Crippen LogP contribution in [0.4, 0.5) is 0 Å². The van der Waals surface area contributed by atoms with E-state index in [2.05, 4.69) is 0 Å². The molecule has 0 radical (unpaired) electrons. The van der Waals surface area contributed by atoms with E-state index < -0.39 is 16.1 Å². The van der Waals surface area contributed by atoms with Crippen LogP contribution in [0, 0.1) is 6.92 Å². The van der Waals surface area contributed by atoms with E-state index in [-0.39, 0.29) is 5.12 Å². The molecule has 1 heterocycles. The molecule has 6 heteroatoms. The summed E-state index contributed by atoms with van der Waals surface area (Å²) in [5.74, 6) is 0.664. The Hall–Kier alpha value is -1.63. The Morgan fingerprint density at radius 3 is 2.54 bits per heavy atom. The van der Waals surface area contributed by atoms with Gasteiger partial charge >= 0.3 is 0 Å². The van der Waals surface area contributed by atoms with Gasteiger partial charge < -0.3 is 0 Å². The van der Waals surface area contributed by atoms with Crippen LogP contribution in [0.1, 0.15) is 24.0 Å². The number of hydrogen-bond acceptors (Lipinski definition) is 4. The van der Waals surface area contributed by atoms with E-state index >= 15 is 0 Å². The largest absolute Gasteiger partial charge is 0.285 e. The molecule has 2 aromatic carbocycles. The summed E-state index contributed by atoms with van der Waals surface area (Å²) in [6, 6.07) is 16.4. The molecule has 0 amide bonds. The SMILES string of the molecule is Cc1ccccc1S(=O)(=O)N1CCCC1C(=O)SCCc1ccccc1. The summed E-state index contributed by atoms with van der Waals surface area (Å²) in [5, 5.41) is -0.0457. The molecular weight excluding hydrogens is 366 g/mol. The monoisotopic (exact) mass is 389 g/mol. The third-order valence-corrected chi connectivity index (χ3v) is 7.67. The molecule has 4 nitrogen and oxygen atoms in total. The van der Waals surface area contributed by atoms with Crippen LogP contribution < -0.4 is 0 Å². The van der Waals surface area contributed by atoms with E-state index in [4.69, 9.17) is 0 Å². The number of carbonyl (C=O) groups excluding carboxylic acids is 1. The maximum Gasteiger partial charge on any atom is 0.244 e. The Bertz CT molecular complexity index is 866. The van der Waals surface area contributed by atoms with Gasteiger partial charge in [0.1, 0.15) is 0 Å². The topological polar surface area (TPSA) is 54.5 Å². The van der Waals surface area contributed by atoms with Crippen LogP contribution in [0.25, 0.3) is 0 Å². The predicted molar refractivity (Wildman–Crippen MR) is 106 cm³/mol. The lowest BCUT2D eigenvalue weighted by molar-refractivity contribution is -0.113. The van der Waals surface area contributed by atoms with Crippen LogP contribution in [0.5, 0.6) is 0 Å². The van der Waals surface area contributed by atoms with Crippen molar-refractivity contribution in [3.63, 3.8) is 0 Å². The second-order valence-corrected chi connectivity index (χ2v) is 9.40. The maximum atomic E-state index is 13.0. The van der Waals surface area contributed by atoms with Crippen molar-refractivity contribution in [3.8, 4) is 0 Å². The molecule has 1 saturated heterocycles.